The highest BCUT2D eigenvalue weighted by atomic mass is 19.1. The molecule has 1 aliphatic rings. The van der Waals surface area contributed by atoms with Gasteiger partial charge < -0.3 is 10.4 Å². The largest absolute Gasteiger partial charge is 0.427 e. The Hall–Kier alpha value is -2.37. The molecule has 1 aliphatic carbocycles. The lowest BCUT2D eigenvalue weighted by molar-refractivity contribution is 0.181. The molecule has 2 N–H and O–H groups in total. The lowest BCUT2D eigenvalue weighted by Crippen LogP contribution is -2.13. The Morgan fingerprint density at radius 1 is 1.32 bits per heavy atom. The van der Waals surface area contributed by atoms with Crippen molar-refractivity contribution in [1.82, 2.24) is 9.71 Å². The van der Waals surface area contributed by atoms with Crippen LogP contribution in [0.1, 0.15) is 24.2 Å². The van der Waals surface area contributed by atoms with Gasteiger partial charge in [-0.15, -0.1) is 0 Å². The van der Waals surface area contributed by atoms with Crippen molar-refractivity contribution in [2.24, 2.45) is 5.16 Å². The van der Waals surface area contributed by atoms with E-state index in [0.29, 0.717) is 35.5 Å². The maximum absolute atomic E-state index is 13.2. The van der Waals surface area contributed by atoms with Crippen molar-refractivity contribution in [2.45, 2.75) is 19.3 Å². The number of halogens is 1. The summed E-state index contributed by atoms with van der Waals surface area (Å²) in [5.41, 5.74) is 2.01. The third-order valence-electron chi connectivity index (χ3n) is 3.25. The summed E-state index contributed by atoms with van der Waals surface area (Å²) in [5.74, 6) is -0.137. The minimum absolute atomic E-state index is 0.257. The molecule has 2 aromatic rings. The van der Waals surface area contributed by atoms with E-state index in [9.17, 15) is 9.60 Å². The summed E-state index contributed by atoms with van der Waals surface area (Å²) in [6, 6.07) is 5.85. The van der Waals surface area contributed by atoms with Gasteiger partial charge in [0.2, 0.25) is 0 Å². The Bertz CT molecular complexity index is 664. The van der Waals surface area contributed by atoms with E-state index in [2.05, 4.69) is 10.1 Å². The number of benzene rings is 1. The standard InChI is InChI=1S/C13H12FN3O2/c14-9-4-1-3-8(7-9)13-15-12-10(16-18)5-2-6-11(12)17(13)19/h1,3-4,7,18-19H,2,5-6H2/b16-10-. The lowest BCUT2D eigenvalue weighted by atomic mass is 9.99. The zero-order chi connectivity index (χ0) is 13.4. The van der Waals surface area contributed by atoms with Gasteiger partial charge in [-0.1, -0.05) is 17.3 Å². The van der Waals surface area contributed by atoms with E-state index in [0.717, 1.165) is 11.2 Å². The normalized spacial score (nSPS) is 16.6. The second kappa shape index (κ2) is 4.38. The van der Waals surface area contributed by atoms with Gasteiger partial charge in [-0.2, -0.15) is 4.73 Å². The van der Waals surface area contributed by atoms with Crippen molar-refractivity contribution in [2.75, 3.05) is 0 Å². The van der Waals surface area contributed by atoms with E-state index in [1.807, 2.05) is 0 Å². The second-order valence-electron chi connectivity index (χ2n) is 4.45. The van der Waals surface area contributed by atoms with Crippen molar-refractivity contribution < 1.29 is 14.8 Å². The van der Waals surface area contributed by atoms with Gasteiger partial charge in [-0.25, -0.2) is 9.37 Å². The van der Waals surface area contributed by atoms with Crippen LogP contribution in [0, 0.1) is 5.82 Å². The Kier molecular flexibility index (Phi) is 2.70. The smallest absolute Gasteiger partial charge is 0.176 e. The van der Waals surface area contributed by atoms with Crippen LogP contribution in [0.2, 0.25) is 0 Å². The molecule has 0 aliphatic heterocycles. The number of nitrogens with zero attached hydrogens (tertiary/aromatic N) is 3. The molecule has 6 heteroatoms. The van der Waals surface area contributed by atoms with Crippen molar-refractivity contribution in [1.29, 1.82) is 0 Å². The molecule has 1 aromatic carbocycles. The topological polar surface area (TPSA) is 70.6 Å². The Morgan fingerprint density at radius 3 is 2.89 bits per heavy atom. The number of hydrogen-bond acceptors (Lipinski definition) is 4. The van der Waals surface area contributed by atoms with Crippen molar-refractivity contribution in [3.05, 3.63) is 41.5 Å². The van der Waals surface area contributed by atoms with Crippen LogP contribution in [0.3, 0.4) is 0 Å². The average molecular weight is 261 g/mol. The molecule has 0 amide bonds. The molecule has 98 valence electrons. The maximum atomic E-state index is 13.2. The fourth-order valence-electron chi connectivity index (χ4n) is 2.35. The van der Waals surface area contributed by atoms with E-state index in [1.54, 1.807) is 12.1 Å². The van der Waals surface area contributed by atoms with Crippen molar-refractivity contribution in [3.63, 3.8) is 0 Å². The molecule has 0 bridgehead atoms. The number of oxime groups is 1. The zero-order valence-electron chi connectivity index (χ0n) is 10.0. The molecule has 0 unspecified atom stereocenters. The first kappa shape index (κ1) is 11.7. The van der Waals surface area contributed by atoms with Gasteiger partial charge in [0.25, 0.3) is 0 Å². The summed E-state index contributed by atoms with van der Waals surface area (Å²) in [6.45, 7) is 0. The molecule has 0 radical (unpaired) electrons. The van der Waals surface area contributed by atoms with Crippen LogP contribution in [0.4, 0.5) is 4.39 Å². The molecule has 0 atom stereocenters. The molecule has 0 fully saturated rings. The van der Waals surface area contributed by atoms with E-state index in [1.165, 1.54) is 12.1 Å². The fraction of sp³-hybridized carbons (Fsp3) is 0.231. The third-order valence-corrected chi connectivity index (χ3v) is 3.25. The number of aromatic nitrogens is 2. The molecule has 3 rings (SSSR count). The van der Waals surface area contributed by atoms with E-state index < -0.39 is 5.82 Å². The monoisotopic (exact) mass is 261 g/mol. The summed E-state index contributed by atoms with van der Waals surface area (Å²) in [6.07, 6.45) is 2.04. The molecular weight excluding hydrogens is 249 g/mol. The predicted molar refractivity (Wildman–Crippen MR) is 66.1 cm³/mol. The van der Waals surface area contributed by atoms with Crippen molar-refractivity contribution in [3.8, 4) is 11.4 Å². The molecule has 19 heavy (non-hydrogen) atoms. The van der Waals surface area contributed by atoms with Crippen LogP contribution in [-0.4, -0.2) is 25.8 Å². The highest BCUT2D eigenvalue weighted by Crippen LogP contribution is 2.27. The predicted octanol–water partition coefficient (Wildman–Crippen LogP) is 2.44. The fourth-order valence-corrected chi connectivity index (χ4v) is 2.35. The molecule has 0 spiro atoms. The SMILES string of the molecule is O/N=C1/CCCc2c1nc(-c1cccc(F)c1)n2O. The first-order valence-electron chi connectivity index (χ1n) is 5.99. The zero-order valence-corrected chi connectivity index (χ0v) is 10.0. The maximum Gasteiger partial charge on any atom is 0.176 e. The first-order valence-corrected chi connectivity index (χ1v) is 5.99. The summed E-state index contributed by atoms with van der Waals surface area (Å²) < 4.78 is 14.2. The molecule has 0 saturated carbocycles. The third kappa shape index (κ3) is 1.85. The summed E-state index contributed by atoms with van der Waals surface area (Å²) in [5, 5.41) is 22.3. The van der Waals surface area contributed by atoms with Crippen LogP contribution >= 0.6 is 0 Å². The van der Waals surface area contributed by atoms with Gasteiger partial charge in [-0.05, 0) is 31.4 Å². The first-order chi connectivity index (χ1) is 9.20. The molecule has 5 nitrogen and oxygen atoms in total. The van der Waals surface area contributed by atoms with Gasteiger partial charge in [0, 0.05) is 5.56 Å². The number of rotatable bonds is 1. The molecule has 0 saturated heterocycles. The Morgan fingerprint density at radius 2 is 2.16 bits per heavy atom. The average Bonchev–Trinajstić information content (AvgIpc) is 2.76. The molecule has 1 aromatic heterocycles. The van der Waals surface area contributed by atoms with Gasteiger partial charge >= 0.3 is 0 Å². The highest BCUT2D eigenvalue weighted by molar-refractivity contribution is 6.00. The minimum atomic E-state index is -0.394. The van der Waals surface area contributed by atoms with Gasteiger partial charge in [0.05, 0.1) is 5.69 Å². The van der Waals surface area contributed by atoms with Gasteiger partial charge in [0.1, 0.15) is 17.2 Å². The number of hydrogen-bond donors (Lipinski definition) is 2. The van der Waals surface area contributed by atoms with E-state index in [-0.39, 0.29) is 5.82 Å². The van der Waals surface area contributed by atoms with Gasteiger partial charge in [-0.3, -0.25) is 0 Å². The van der Waals surface area contributed by atoms with Crippen LogP contribution in [0.25, 0.3) is 11.4 Å². The van der Waals surface area contributed by atoms with Crippen LogP contribution in [0.15, 0.2) is 29.4 Å². The number of imidazole rings is 1. The lowest BCUT2D eigenvalue weighted by Gasteiger charge is -2.11. The quantitative estimate of drug-likeness (QED) is 0.470. The summed E-state index contributed by atoms with van der Waals surface area (Å²) >= 11 is 0. The van der Waals surface area contributed by atoms with Crippen molar-refractivity contribution >= 4 is 5.71 Å². The molecule has 1 heterocycles. The molecular formula is C13H12FN3O2. The summed E-state index contributed by atoms with van der Waals surface area (Å²) in [7, 11) is 0. The van der Waals surface area contributed by atoms with Gasteiger partial charge in [0.15, 0.2) is 5.82 Å². The Balaban J connectivity index is 2.17. The minimum Gasteiger partial charge on any atom is -0.427 e. The number of fused-ring (bicyclic) bond motifs is 1. The van der Waals surface area contributed by atoms with Crippen LogP contribution in [0.5, 0.6) is 0 Å². The Labute approximate surface area is 108 Å². The summed E-state index contributed by atoms with van der Waals surface area (Å²) in [4.78, 5) is 4.27. The highest BCUT2D eigenvalue weighted by Gasteiger charge is 2.25. The second-order valence-corrected chi connectivity index (χ2v) is 4.45. The van der Waals surface area contributed by atoms with Crippen LogP contribution < -0.4 is 0 Å². The van der Waals surface area contributed by atoms with E-state index in [4.69, 9.17) is 5.21 Å². The van der Waals surface area contributed by atoms with Crippen LogP contribution in [-0.2, 0) is 6.42 Å². The van der Waals surface area contributed by atoms with E-state index >= 15 is 0 Å².